The SMILES string of the molecule is CCCCN1C(=O)N(CC(=O)Nc2c(C(C)C)cccc2C(C)C)C(=O)C12CCCCC2.CCCN1C(=O)N(CC(=O)Nc2c(C(C)C)cccc2C(C)C)C(=O)C12CCCCC2. The van der Waals surface area contributed by atoms with Gasteiger partial charge in [0.1, 0.15) is 24.2 Å². The van der Waals surface area contributed by atoms with E-state index in [1.807, 2.05) is 43.3 Å². The number of amides is 8. The van der Waals surface area contributed by atoms with Gasteiger partial charge < -0.3 is 20.4 Å². The number of rotatable bonds is 15. The Morgan fingerprint density at radius 3 is 1.16 bits per heavy atom. The number of carbonyl (C=O) groups excluding carboxylic acids is 6. The Bertz CT molecular complexity index is 1920. The van der Waals surface area contributed by atoms with Crippen LogP contribution in [0, 0.1) is 0 Å². The topological polar surface area (TPSA) is 139 Å². The molecule has 6 rings (SSSR count). The molecular formula is C51H76N6O6. The molecule has 2 saturated carbocycles. The van der Waals surface area contributed by atoms with E-state index >= 15 is 0 Å². The number of benzene rings is 2. The first-order valence-corrected chi connectivity index (χ1v) is 24.1. The van der Waals surface area contributed by atoms with Crippen molar-refractivity contribution < 1.29 is 28.8 Å². The molecule has 63 heavy (non-hydrogen) atoms. The molecule has 2 saturated heterocycles. The van der Waals surface area contributed by atoms with Crippen molar-refractivity contribution in [2.45, 2.75) is 187 Å². The van der Waals surface area contributed by atoms with Gasteiger partial charge in [-0.25, -0.2) is 9.59 Å². The van der Waals surface area contributed by atoms with E-state index in [1.165, 1.54) is 9.80 Å². The first kappa shape index (κ1) is 49.3. The lowest BCUT2D eigenvalue weighted by atomic mass is 9.80. The maximum Gasteiger partial charge on any atom is 0.328 e. The molecular weight excluding hydrogens is 793 g/mol. The summed E-state index contributed by atoms with van der Waals surface area (Å²) in [5.74, 6) is -0.0323. The molecule has 12 nitrogen and oxygen atoms in total. The molecule has 346 valence electrons. The number of urea groups is 2. The number of carbonyl (C=O) groups is 6. The molecule has 2 N–H and O–H groups in total. The van der Waals surface area contributed by atoms with E-state index in [2.05, 4.69) is 72.9 Å². The van der Waals surface area contributed by atoms with E-state index in [0.717, 1.165) is 91.4 Å². The van der Waals surface area contributed by atoms with Crippen molar-refractivity contribution in [3.63, 3.8) is 0 Å². The average Bonchev–Trinajstić information content (AvgIpc) is 3.54. The molecule has 0 unspecified atom stereocenters. The van der Waals surface area contributed by atoms with Crippen molar-refractivity contribution in [2.75, 3.05) is 36.8 Å². The Labute approximate surface area is 377 Å². The molecule has 0 bridgehead atoms. The van der Waals surface area contributed by atoms with Gasteiger partial charge in [0.15, 0.2) is 0 Å². The summed E-state index contributed by atoms with van der Waals surface area (Å²) in [5.41, 5.74) is 4.40. The minimum atomic E-state index is -0.746. The van der Waals surface area contributed by atoms with Gasteiger partial charge >= 0.3 is 12.1 Å². The van der Waals surface area contributed by atoms with Crippen molar-refractivity contribution in [3.8, 4) is 0 Å². The van der Waals surface area contributed by atoms with Crippen LogP contribution in [0.2, 0.25) is 0 Å². The number of para-hydroxylation sites is 2. The van der Waals surface area contributed by atoms with Crippen molar-refractivity contribution in [3.05, 3.63) is 58.7 Å². The third-order valence-corrected chi connectivity index (χ3v) is 13.7. The lowest BCUT2D eigenvalue weighted by Crippen LogP contribution is -2.51. The zero-order valence-electron chi connectivity index (χ0n) is 40.0. The Balaban J connectivity index is 0.000000238. The minimum absolute atomic E-state index is 0.185. The highest BCUT2D eigenvalue weighted by molar-refractivity contribution is 6.11. The summed E-state index contributed by atoms with van der Waals surface area (Å²) in [4.78, 5) is 85.4. The van der Waals surface area contributed by atoms with E-state index in [1.54, 1.807) is 9.80 Å². The fraction of sp³-hybridized carbons (Fsp3) is 0.647. The summed E-state index contributed by atoms with van der Waals surface area (Å²) in [6.45, 7) is 21.5. The number of imide groups is 2. The normalized spacial score (nSPS) is 18.4. The molecule has 8 amide bonds. The largest absolute Gasteiger partial charge is 0.328 e. The van der Waals surface area contributed by atoms with Gasteiger partial charge in [0.25, 0.3) is 11.8 Å². The molecule has 12 heteroatoms. The second-order valence-electron chi connectivity index (χ2n) is 19.5. The van der Waals surface area contributed by atoms with Gasteiger partial charge in [0.2, 0.25) is 11.8 Å². The number of nitrogens with zero attached hydrogens (tertiary/aromatic N) is 4. The van der Waals surface area contributed by atoms with Gasteiger partial charge in [0.05, 0.1) is 0 Å². The number of anilines is 2. The zero-order valence-corrected chi connectivity index (χ0v) is 40.0. The third-order valence-electron chi connectivity index (χ3n) is 13.7. The Morgan fingerprint density at radius 2 is 0.857 bits per heavy atom. The summed E-state index contributed by atoms with van der Waals surface area (Å²) in [7, 11) is 0. The van der Waals surface area contributed by atoms with Crippen LogP contribution in [0.4, 0.5) is 21.0 Å². The van der Waals surface area contributed by atoms with E-state index in [-0.39, 0.29) is 72.5 Å². The van der Waals surface area contributed by atoms with Gasteiger partial charge in [-0.05, 0) is 84.5 Å². The van der Waals surface area contributed by atoms with Crippen molar-refractivity contribution in [1.29, 1.82) is 0 Å². The molecule has 2 aliphatic heterocycles. The van der Waals surface area contributed by atoms with Crippen LogP contribution in [-0.4, -0.2) is 92.5 Å². The van der Waals surface area contributed by atoms with Gasteiger partial charge in [-0.2, -0.15) is 0 Å². The molecule has 0 atom stereocenters. The highest BCUT2D eigenvalue weighted by Gasteiger charge is 2.58. The summed E-state index contributed by atoms with van der Waals surface area (Å²) in [5, 5.41) is 6.10. The van der Waals surface area contributed by atoms with Crippen LogP contribution in [0.15, 0.2) is 36.4 Å². The number of hydrogen-bond donors (Lipinski definition) is 2. The monoisotopic (exact) mass is 869 g/mol. The Morgan fingerprint density at radius 1 is 0.524 bits per heavy atom. The standard InChI is InChI=1S/C26H39N3O3.C25H37N3O3/c1-6-7-16-29-25(32)28(24(31)26(29)14-9-8-10-15-26)17-22(30)27-23-20(18(2)3)12-11-13-21(23)19(4)5;1-6-15-28-24(31)27(23(30)25(28)13-8-7-9-14-25)16-21(29)26-22-19(17(2)3)11-10-12-20(22)18(4)5/h11-13,18-19H,6-10,14-17H2,1-5H3,(H,27,30);10-12,17-18H,6-9,13-16H2,1-5H3,(H,26,29). The molecule has 2 spiro atoms. The number of unbranched alkanes of at least 4 members (excludes halogenated alkanes) is 1. The first-order chi connectivity index (χ1) is 29.9. The van der Waals surface area contributed by atoms with Gasteiger partial charge in [-0.3, -0.25) is 29.0 Å². The second-order valence-corrected chi connectivity index (χ2v) is 19.5. The lowest BCUT2D eigenvalue weighted by Gasteiger charge is -2.38. The van der Waals surface area contributed by atoms with Gasteiger partial charge in [-0.1, -0.05) is 151 Å². The van der Waals surface area contributed by atoms with Crippen molar-refractivity contribution >= 4 is 47.1 Å². The van der Waals surface area contributed by atoms with Crippen LogP contribution in [0.25, 0.3) is 0 Å². The summed E-state index contributed by atoms with van der Waals surface area (Å²) < 4.78 is 0. The Hall–Kier alpha value is -4.74. The first-order valence-electron chi connectivity index (χ1n) is 24.1. The molecule has 2 aromatic rings. The van der Waals surface area contributed by atoms with Crippen LogP contribution in [-0.2, 0) is 19.2 Å². The average molecular weight is 869 g/mol. The molecule has 2 aliphatic carbocycles. The zero-order chi connectivity index (χ0) is 46.2. The van der Waals surface area contributed by atoms with E-state index in [0.29, 0.717) is 38.8 Å². The summed E-state index contributed by atoms with van der Waals surface area (Å²) in [6, 6.07) is 11.5. The highest BCUT2D eigenvalue weighted by atomic mass is 16.2. The van der Waals surface area contributed by atoms with Crippen molar-refractivity contribution in [2.24, 2.45) is 0 Å². The predicted molar refractivity (Wildman–Crippen MR) is 251 cm³/mol. The summed E-state index contributed by atoms with van der Waals surface area (Å²) >= 11 is 0. The van der Waals surface area contributed by atoms with E-state index in [4.69, 9.17) is 0 Å². The number of nitrogens with one attached hydrogen (secondary N) is 2. The highest BCUT2D eigenvalue weighted by Crippen LogP contribution is 2.42. The van der Waals surface area contributed by atoms with Crippen LogP contribution in [0.1, 0.15) is 199 Å². The molecule has 2 heterocycles. The summed E-state index contributed by atoms with van der Waals surface area (Å²) in [6.07, 6.45) is 11.4. The van der Waals surface area contributed by atoms with Crippen LogP contribution >= 0.6 is 0 Å². The fourth-order valence-corrected chi connectivity index (χ4v) is 10.3. The quantitative estimate of drug-likeness (QED) is 0.171. The minimum Gasteiger partial charge on any atom is -0.324 e. The third kappa shape index (κ3) is 10.3. The smallest absolute Gasteiger partial charge is 0.324 e. The van der Waals surface area contributed by atoms with Crippen LogP contribution < -0.4 is 10.6 Å². The van der Waals surface area contributed by atoms with E-state index in [9.17, 15) is 28.8 Å². The second kappa shape index (κ2) is 21.3. The van der Waals surface area contributed by atoms with Gasteiger partial charge in [-0.15, -0.1) is 0 Å². The Kier molecular flexibility index (Phi) is 16.7. The van der Waals surface area contributed by atoms with Gasteiger partial charge in [0, 0.05) is 24.5 Å². The number of hydrogen-bond acceptors (Lipinski definition) is 6. The van der Waals surface area contributed by atoms with Crippen LogP contribution in [0.5, 0.6) is 0 Å². The maximum absolute atomic E-state index is 13.5. The molecule has 2 aromatic carbocycles. The van der Waals surface area contributed by atoms with Crippen LogP contribution in [0.3, 0.4) is 0 Å². The fourth-order valence-electron chi connectivity index (χ4n) is 10.3. The molecule has 0 radical (unpaired) electrons. The maximum atomic E-state index is 13.5. The predicted octanol–water partition coefficient (Wildman–Crippen LogP) is 10.9. The molecule has 4 aliphatic rings. The lowest BCUT2D eigenvalue weighted by molar-refractivity contribution is -0.137. The van der Waals surface area contributed by atoms with E-state index < -0.39 is 11.1 Å². The molecule has 4 fully saturated rings. The van der Waals surface area contributed by atoms with Crippen molar-refractivity contribution in [1.82, 2.24) is 19.6 Å². The molecule has 0 aromatic heterocycles.